The zero-order chi connectivity index (χ0) is 24.6. The second-order valence-corrected chi connectivity index (χ2v) is 10.0. The highest BCUT2D eigenvalue weighted by Gasteiger charge is 2.54. The predicted molar refractivity (Wildman–Crippen MR) is 133 cm³/mol. The zero-order valence-electron chi connectivity index (χ0n) is 19.7. The molecule has 35 heavy (non-hydrogen) atoms. The van der Waals surface area contributed by atoms with Crippen LogP contribution in [0.15, 0.2) is 66.5 Å². The van der Waals surface area contributed by atoms with Gasteiger partial charge in [-0.3, -0.25) is 4.79 Å². The van der Waals surface area contributed by atoms with Gasteiger partial charge in [-0.1, -0.05) is 30.3 Å². The Morgan fingerprint density at radius 2 is 1.69 bits per heavy atom. The minimum absolute atomic E-state index is 0.0160. The van der Waals surface area contributed by atoms with Crippen LogP contribution in [0.4, 0.5) is 4.39 Å². The molecule has 184 valence electrons. The Labute approximate surface area is 204 Å². The Morgan fingerprint density at radius 1 is 1.03 bits per heavy atom. The van der Waals surface area contributed by atoms with Gasteiger partial charge in [0.15, 0.2) is 0 Å². The van der Waals surface area contributed by atoms with E-state index >= 15 is 4.39 Å². The smallest absolute Gasteiger partial charge is 0.233 e. The van der Waals surface area contributed by atoms with Gasteiger partial charge in [0.1, 0.15) is 11.6 Å². The molecule has 3 heterocycles. The first kappa shape index (κ1) is 23.2. The number of nitrogens with zero attached hydrogens (tertiary/aromatic N) is 2. The predicted octanol–water partition coefficient (Wildman–Crippen LogP) is 2.10. The molecule has 0 atom stereocenters. The normalized spacial score (nSPS) is 21.4. The second kappa shape index (κ2) is 8.92. The molecule has 0 radical (unpaired) electrons. The first-order valence-electron chi connectivity index (χ1n) is 12.0. The van der Waals surface area contributed by atoms with E-state index in [9.17, 15) is 9.90 Å². The summed E-state index contributed by atoms with van der Waals surface area (Å²) in [5.41, 5.74) is 13.6. The van der Waals surface area contributed by atoms with Gasteiger partial charge in [0.25, 0.3) is 0 Å². The van der Waals surface area contributed by atoms with E-state index < -0.39 is 5.41 Å². The number of phenolic OH excluding ortho intramolecular Hbond substituents is 1. The summed E-state index contributed by atoms with van der Waals surface area (Å²) in [6, 6.07) is 13.5. The van der Waals surface area contributed by atoms with Gasteiger partial charge < -0.3 is 31.7 Å². The van der Waals surface area contributed by atoms with Crippen molar-refractivity contribution >= 4 is 11.6 Å². The molecule has 6 N–H and O–H groups in total. The van der Waals surface area contributed by atoms with Crippen LogP contribution in [0.3, 0.4) is 0 Å². The highest BCUT2D eigenvalue weighted by molar-refractivity contribution is 5.89. The third-order valence-corrected chi connectivity index (χ3v) is 7.81. The molecule has 2 aromatic rings. The Morgan fingerprint density at radius 3 is 2.29 bits per heavy atom. The van der Waals surface area contributed by atoms with E-state index in [4.69, 9.17) is 11.5 Å². The molecule has 0 saturated carbocycles. The molecule has 2 aromatic carbocycles. The van der Waals surface area contributed by atoms with Crippen LogP contribution in [-0.4, -0.2) is 60.1 Å². The number of likely N-dealkylation sites (tertiary alicyclic amines) is 2. The molecule has 8 heteroatoms. The maximum absolute atomic E-state index is 15.0. The van der Waals surface area contributed by atoms with Crippen molar-refractivity contribution < 1.29 is 14.3 Å². The van der Waals surface area contributed by atoms with Crippen LogP contribution in [0.25, 0.3) is 5.70 Å². The molecule has 3 aliphatic rings. The number of phenols is 1. The Hall–Kier alpha value is -3.52. The molecule has 0 aromatic heterocycles. The van der Waals surface area contributed by atoms with Crippen molar-refractivity contribution in [2.75, 3.05) is 39.3 Å². The standard InChI is InChI=1S/C27H32FN5O2/c28-22-7-3-2-6-21(22)27(25(35)33-17-26(18-33)15-31-16-26)9-11-32(12-10-27)19(14-29)13-23(30)20-5-1-4-8-24(20)34/h1-8,13-14,31,34H,9-12,15-18,29-30H2/b19-14+,23-13-. The number of halogens is 1. The van der Waals surface area contributed by atoms with Crippen molar-refractivity contribution in [3.8, 4) is 5.75 Å². The minimum atomic E-state index is -0.909. The van der Waals surface area contributed by atoms with E-state index in [-0.39, 0.29) is 22.9 Å². The number of para-hydroxylation sites is 1. The Kier molecular flexibility index (Phi) is 5.92. The van der Waals surface area contributed by atoms with Gasteiger partial charge in [-0.2, -0.15) is 0 Å². The number of rotatable bonds is 5. The van der Waals surface area contributed by atoms with E-state index in [1.165, 1.54) is 12.3 Å². The molecular weight excluding hydrogens is 445 g/mol. The molecule has 3 fully saturated rings. The van der Waals surface area contributed by atoms with Gasteiger partial charge in [-0.25, -0.2) is 4.39 Å². The average molecular weight is 478 g/mol. The Bertz CT molecular complexity index is 1170. The number of amides is 1. The van der Waals surface area contributed by atoms with Crippen LogP contribution < -0.4 is 16.8 Å². The maximum Gasteiger partial charge on any atom is 0.233 e. The van der Waals surface area contributed by atoms with Gasteiger partial charge in [0.2, 0.25) is 5.91 Å². The molecule has 0 bridgehead atoms. The van der Waals surface area contributed by atoms with Crippen molar-refractivity contribution in [2.45, 2.75) is 18.3 Å². The number of benzene rings is 2. The lowest BCUT2D eigenvalue weighted by atomic mass is 9.68. The number of hydrogen-bond donors (Lipinski definition) is 4. The number of hydrogen-bond acceptors (Lipinski definition) is 6. The number of nitrogens with one attached hydrogen (secondary N) is 1. The third kappa shape index (κ3) is 4.01. The molecule has 7 nitrogen and oxygen atoms in total. The summed E-state index contributed by atoms with van der Waals surface area (Å²) in [5, 5.41) is 13.4. The fourth-order valence-corrected chi connectivity index (χ4v) is 5.71. The van der Waals surface area contributed by atoms with Gasteiger partial charge in [-0.15, -0.1) is 0 Å². The van der Waals surface area contributed by atoms with Crippen LogP contribution in [0, 0.1) is 11.2 Å². The molecule has 1 amide bonds. The van der Waals surface area contributed by atoms with Gasteiger partial charge in [0.05, 0.1) is 11.1 Å². The molecule has 3 aliphatic heterocycles. The van der Waals surface area contributed by atoms with E-state index in [0.717, 1.165) is 26.2 Å². The fraction of sp³-hybridized carbons (Fsp3) is 0.370. The van der Waals surface area contributed by atoms with Gasteiger partial charge in [0, 0.05) is 67.7 Å². The molecule has 0 unspecified atom stereocenters. The van der Waals surface area contributed by atoms with Crippen molar-refractivity contribution in [1.29, 1.82) is 0 Å². The molecule has 3 saturated heterocycles. The lowest BCUT2D eigenvalue weighted by Crippen LogP contribution is -2.73. The summed E-state index contributed by atoms with van der Waals surface area (Å²) in [6.45, 7) is 4.38. The van der Waals surface area contributed by atoms with Gasteiger partial charge in [-0.05, 0) is 37.1 Å². The van der Waals surface area contributed by atoms with Crippen molar-refractivity contribution in [1.82, 2.24) is 15.1 Å². The van der Waals surface area contributed by atoms with E-state index in [0.29, 0.717) is 48.5 Å². The van der Waals surface area contributed by atoms with Gasteiger partial charge >= 0.3 is 0 Å². The number of allylic oxidation sites excluding steroid dienone is 1. The quantitative estimate of drug-likeness (QED) is 0.492. The largest absolute Gasteiger partial charge is 0.507 e. The Balaban J connectivity index is 1.38. The number of piperidine rings is 1. The number of carbonyl (C=O) groups excluding carboxylic acids is 1. The molecule has 5 rings (SSSR count). The highest BCUT2D eigenvalue weighted by Crippen LogP contribution is 2.43. The van der Waals surface area contributed by atoms with E-state index in [2.05, 4.69) is 10.2 Å². The topological polar surface area (TPSA) is 108 Å². The fourth-order valence-electron chi connectivity index (χ4n) is 5.71. The summed E-state index contributed by atoms with van der Waals surface area (Å²) in [5.74, 6) is -0.232. The van der Waals surface area contributed by atoms with Crippen molar-refractivity contribution in [2.24, 2.45) is 16.9 Å². The second-order valence-electron chi connectivity index (χ2n) is 10.0. The zero-order valence-corrected chi connectivity index (χ0v) is 19.7. The maximum atomic E-state index is 15.0. The lowest BCUT2D eigenvalue weighted by molar-refractivity contribution is -0.155. The first-order valence-corrected chi connectivity index (χ1v) is 12.0. The van der Waals surface area contributed by atoms with Crippen LogP contribution in [0.5, 0.6) is 5.75 Å². The highest BCUT2D eigenvalue weighted by atomic mass is 19.1. The van der Waals surface area contributed by atoms with E-state index in [1.54, 1.807) is 48.5 Å². The summed E-state index contributed by atoms with van der Waals surface area (Å²) in [6.07, 6.45) is 4.15. The first-order chi connectivity index (χ1) is 16.9. The van der Waals surface area contributed by atoms with Crippen LogP contribution in [0.2, 0.25) is 0 Å². The minimum Gasteiger partial charge on any atom is -0.507 e. The van der Waals surface area contributed by atoms with Crippen molar-refractivity contribution in [3.63, 3.8) is 0 Å². The molecule has 1 spiro atoms. The van der Waals surface area contributed by atoms with E-state index in [1.807, 2.05) is 4.90 Å². The summed E-state index contributed by atoms with van der Waals surface area (Å²) < 4.78 is 15.0. The monoisotopic (exact) mass is 477 g/mol. The van der Waals surface area contributed by atoms with Crippen molar-refractivity contribution in [3.05, 3.63) is 83.4 Å². The molecule has 0 aliphatic carbocycles. The number of carbonyl (C=O) groups is 1. The van der Waals surface area contributed by atoms with Crippen LogP contribution in [-0.2, 0) is 10.2 Å². The van der Waals surface area contributed by atoms with Crippen LogP contribution >= 0.6 is 0 Å². The lowest BCUT2D eigenvalue weighted by Gasteiger charge is -2.58. The number of nitrogens with two attached hydrogens (primary N) is 2. The third-order valence-electron chi connectivity index (χ3n) is 7.81. The summed E-state index contributed by atoms with van der Waals surface area (Å²) in [7, 11) is 0. The SMILES string of the molecule is N/C=C(\C=C(/N)c1ccccc1O)N1CCC(C(=O)N2CC3(CNC3)C2)(c2ccccc2F)CC1. The summed E-state index contributed by atoms with van der Waals surface area (Å²) in [4.78, 5) is 17.8. The number of aromatic hydroxyl groups is 1. The summed E-state index contributed by atoms with van der Waals surface area (Å²) >= 11 is 0. The molecular formula is C27H32FN5O2. The van der Waals surface area contributed by atoms with Crippen LogP contribution in [0.1, 0.15) is 24.0 Å². The average Bonchev–Trinajstić information content (AvgIpc) is 2.81.